The number of hydrogen-bond donors (Lipinski definition) is 0. The Hall–Kier alpha value is 0.400. The lowest BCUT2D eigenvalue weighted by Crippen LogP contribution is -2.44. The van der Waals surface area contributed by atoms with Crippen LogP contribution in [-0.2, 0) is 4.74 Å². The van der Waals surface area contributed by atoms with Crippen molar-refractivity contribution in [1.29, 1.82) is 0 Å². The Morgan fingerprint density at radius 2 is 2.13 bits per heavy atom. The summed E-state index contributed by atoms with van der Waals surface area (Å²) in [6, 6.07) is 0.742. The number of rotatable bonds is 3. The zero-order valence-corrected chi connectivity index (χ0v) is 10.8. The zero-order valence-electron chi connectivity index (χ0n) is 9.25. The molecule has 0 spiro atoms. The van der Waals surface area contributed by atoms with E-state index in [4.69, 9.17) is 4.74 Å². The maximum Gasteiger partial charge on any atom is 0.0718 e. The number of likely N-dealkylation sites (tertiary alicyclic amines) is 1. The highest BCUT2D eigenvalue weighted by molar-refractivity contribution is 9.09. The molecule has 0 radical (unpaired) electrons. The molecule has 1 saturated carbocycles. The van der Waals surface area contributed by atoms with E-state index in [-0.39, 0.29) is 0 Å². The molecule has 1 aliphatic carbocycles. The van der Waals surface area contributed by atoms with Gasteiger partial charge in [0, 0.05) is 24.5 Å². The smallest absolute Gasteiger partial charge is 0.0718 e. The summed E-state index contributed by atoms with van der Waals surface area (Å²) in [5.74, 6) is 0. The van der Waals surface area contributed by atoms with Gasteiger partial charge in [0.1, 0.15) is 0 Å². The standard InChI is InChI=1S/C12H20BrNO/c13-8-12(3-1-2-4-12)9-14-6-11-5-10(14)7-15-11/h10-11H,1-9H2. The van der Waals surface area contributed by atoms with Crippen molar-refractivity contribution in [2.45, 2.75) is 44.2 Å². The minimum atomic E-state index is 0.559. The fraction of sp³-hybridized carbons (Fsp3) is 1.00. The van der Waals surface area contributed by atoms with Crippen LogP contribution in [0.3, 0.4) is 0 Å². The van der Waals surface area contributed by atoms with Gasteiger partial charge in [-0.1, -0.05) is 28.8 Å². The number of nitrogens with zero attached hydrogens (tertiary/aromatic N) is 1. The van der Waals surface area contributed by atoms with Crippen LogP contribution in [0.2, 0.25) is 0 Å². The van der Waals surface area contributed by atoms with Gasteiger partial charge in [0.25, 0.3) is 0 Å². The normalized spacial score (nSPS) is 39.0. The van der Waals surface area contributed by atoms with E-state index < -0.39 is 0 Å². The third kappa shape index (κ3) is 1.87. The van der Waals surface area contributed by atoms with Gasteiger partial charge in [-0.3, -0.25) is 4.90 Å². The van der Waals surface area contributed by atoms with Crippen molar-refractivity contribution in [3.63, 3.8) is 0 Å². The molecule has 2 bridgehead atoms. The maximum atomic E-state index is 5.66. The van der Waals surface area contributed by atoms with Gasteiger partial charge in [-0.05, 0) is 24.7 Å². The first kappa shape index (κ1) is 10.5. The molecule has 0 N–H and O–H groups in total. The molecule has 2 nitrogen and oxygen atoms in total. The van der Waals surface area contributed by atoms with Crippen molar-refractivity contribution in [2.24, 2.45) is 5.41 Å². The highest BCUT2D eigenvalue weighted by Crippen LogP contribution is 2.42. The van der Waals surface area contributed by atoms with Crippen LogP contribution < -0.4 is 0 Å². The lowest BCUT2D eigenvalue weighted by molar-refractivity contribution is 0.0151. The van der Waals surface area contributed by atoms with Gasteiger partial charge in [0.05, 0.1) is 12.7 Å². The summed E-state index contributed by atoms with van der Waals surface area (Å²) < 4.78 is 5.66. The average molecular weight is 274 g/mol. The predicted octanol–water partition coefficient (Wildman–Crippen LogP) is 2.41. The van der Waals surface area contributed by atoms with Gasteiger partial charge >= 0.3 is 0 Å². The van der Waals surface area contributed by atoms with Crippen LogP contribution in [0, 0.1) is 5.41 Å². The molecule has 86 valence electrons. The second kappa shape index (κ2) is 4.01. The largest absolute Gasteiger partial charge is 0.375 e. The lowest BCUT2D eigenvalue weighted by atomic mass is 9.88. The summed E-state index contributed by atoms with van der Waals surface area (Å²) in [6.45, 7) is 3.49. The van der Waals surface area contributed by atoms with Gasteiger partial charge < -0.3 is 4.74 Å². The number of fused-ring (bicyclic) bond motifs is 2. The fourth-order valence-electron chi connectivity index (χ4n) is 3.56. The molecule has 2 heterocycles. The third-order valence-electron chi connectivity index (χ3n) is 4.50. The first-order chi connectivity index (χ1) is 7.31. The Morgan fingerprint density at radius 3 is 2.67 bits per heavy atom. The summed E-state index contributed by atoms with van der Waals surface area (Å²) in [6.07, 6.45) is 7.57. The Balaban J connectivity index is 1.64. The molecule has 0 aromatic carbocycles. The minimum absolute atomic E-state index is 0.559. The number of hydrogen-bond acceptors (Lipinski definition) is 2. The van der Waals surface area contributed by atoms with E-state index in [2.05, 4.69) is 20.8 Å². The number of halogens is 1. The van der Waals surface area contributed by atoms with Crippen molar-refractivity contribution < 1.29 is 4.74 Å². The molecular weight excluding hydrogens is 254 g/mol. The van der Waals surface area contributed by atoms with E-state index in [1.807, 2.05) is 0 Å². The van der Waals surface area contributed by atoms with Crippen molar-refractivity contribution >= 4 is 15.9 Å². The Bertz CT molecular complexity index is 240. The first-order valence-corrected chi connectivity index (χ1v) is 7.35. The van der Waals surface area contributed by atoms with Crippen LogP contribution in [0.15, 0.2) is 0 Å². The van der Waals surface area contributed by atoms with E-state index in [1.165, 1.54) is 50.5 Å². The van der Waals surface area contributed by atoms with Crippen molar-refractivity contribution in [2.75, 3.05) is 25.0 Å². The monoisotopic (exact) mass is 273 g/mol. The lowest BCUT2D eigenvalue weighted by Gasteiger charge is -2.36. The summed E-state index contributed by atoms with van der Waals surface area (Å²) in [7, 11) is 0. The Labute approximate surface area is 100 Å². The van der Waals surface area contributed by atoms with Gasteiger partial charge in [-0.25, -0.2) is 0 Å². The first-order valence-electron chi connectivity index (χ1n) is 6.23. The highest BCUT2D eigenvalue weighted by atomic mass is 79.9. The molecule has 3 rings (SSSR count). The molecule has 2 saturated heterocycles. The maximum absolute atomic E-state index is 5.66. The molecule has 0 amide bonds. The number of alkyl halides is 1. The van der Waals surface area contributed by atoms with E-state index in [1.54, 1.807) is 0 Å². The molecule has 0 aromatic heterocycles. The highest BCUT2D eigenvalue weighted by Gasteiger charge is 2.43. The molecule has 2 atom stereocenters. The van der Waals surface area contributed by atoms with Crippen LogP contribution in [0.4, 0.5) is 0 Å². The summed E-state index contributed by atoms with van der Waals surface area (Å²) in [5, 5.41) is 1.19. The topological polar surface area (TPSA) is 12.5 Å². The SMILES string of the molecule is BrCC1(CN2CC3CC2CO3)CCCC1. The van der Waals surface area contributed by atoms with Crippen LogP contribution in [0.5, 0.6) is 0 Å². The predicted molar refractivity (Wildman–Crippen MR) is 64.4 cm³/mol. The molecule has 3 heteroatoms. The Kier molecular flexibility index (Phi) is 2.82. The molecule has 3 fully saturated rings. The minimum Gasteiger partial charge on any atom is -0.375 e. The fourth-order valence-corrected chi connectivity index (χ4v) is 4.30. The van der Waals surface area contributed by atoms with Gasteiger partial charge in [-0.2, -0.15) is 0 Å². The molecule has 3 aliphatic rings. The summed E-state index contributed by atoms with van der Waals surface area (Å²) >= 11 is 3.74. The third-order valence-corrected chi connectivity index (χ3v) is 5.69. The quantitative estimate of drug-likeness (QED) is 0.733. The number of ether oxygens (including phenoxy) is 1. The molecule has 2 aliphatic heterocycles. The molecule has 0 aromatic rings. The zero-order chi connectivity index (χ0) is 10.3. The van der Waals surface area contributed by atoms with E-state index in [0.717, 1.165) is 12.6 Å². The van der Waals surface area contributed by atoms with Gasteiger partial charge in [-0.15, -0.1) is 0 Å². The van der Waals surface area contributed by atoms with Crippen molar-refractivity contribution in [1.82, 2.24) is 4.90 Å². The number of morpholine rings is 1. The van der Waals surface area contributed by atoms with Crippen LogP contribution in [0.1, 0.15) is 32.1 Å². The van der Waals surface area contributed by atoms with Gasteiger partial charge in [0.2, 0.25) is 0 Å². The molecular formula is C12H20BrNO. The van der Waals surface area contributed by atoms with Crippen LogP contribution in [0.25, 0.3) is 0 Å². The van der Waals surface area contributed by atoms with E-state index in [9.17, 15) is 0 Å². The van der Waals surface area contributed by atoms with Crippen LogP contribution in [-0.4, -0.2) is 42.1 Å². The van der Waals surface area contributed by atoms with Crippen LogP contribution >= 0.6 is 15.9 Å². The average Bonchev–Trinajstić information content (AvgIpc) is 2.93. The Morgan fingerprint density at radius 1 is 1.33 bits per heavy atom. The van der Waals surface area contributed by atoms with Gasteiger partial charge in [0.15, 0.2) is 0 Å². The summed E-state index contributed by atoms with van der Waals surface area (Å²) in [4.78, 5) is 2.70. The van der Waals surface area contributed by atoms with Crippen molar-refractivity contribution in [3.05, 3.63) is 0 Å². The molecule has 2 unspecified atom stereocenters. The second-order valence-corrected chi connectivity index (χ2v) is 6.18. The second-order valence-electron chi connectivity index (χ2n) is 5.62. The van der Waals surface area contributed by atoms with E-state index >= 15 is 0 Å². The van der Waals surface area contributed by atoms with E-state index in [0.29, 0.717) is 11.5 Å². The molecule has 15 heavy (non-hydrogen) atoms. The summed E-state index contributed by atoms with van der Waals surface area (Å²) in [5.41, 5.74) is 0.588. The van der Waals surface area contributed by atoms with Crippen molar-refractivity contribution in [3.8, 4) is 0 Å².